The monoisotopic (exact) mass is 319 g/mol. The maximum atomic E-state index is 4.69. The maximum absolute atomic E-state index is 4.69. The standard InChI is InChI=1S/C19H21N5/c1-20-19-12-21-11-17(23-19)18-5-3-9-24(18)13-14-6-7-16-15(10-14)4-2-8-22-16/h2,4,6-8,10-12,18H,3,5,9,13H2,1H3,(H,20,23). The van der Waals surface area contributed by atoms with Crippen LogP contribution in [0.2, 0.25) is 0 Å². The topological polar surface area (TPSA) is 53.9 Å². The number of anilines is 1. The average Bonchev–Trinajstić information content (AvgIpc) is 3.10. The molecule has 1 atom stereocenters. The summed E-state index contributed by atoms with van der Waals surface area (Å²) >= 11 is 0. The van der Waals surface area contributed by atoms with Crippen molar-refractivity contribution in [1.82, 2.24) is 19.9 Å². The van der Waals surface area contributed by atoms with Gasteiger partial charge >= 0.3 is 0 Å². The van der Waals surface area contributed by atoms with Crippen LogP contribution in [0.3, 0.4) is 0 Å². The zero-order valence-corrected chi connectivity index (χ0v) is 13.8. The number of nitrogens with one attached hydrogen (secondary N) is 1. The SMILES string of the molecule is CNc1cncc(C2CCCN2Cc2ccc3ncccc3c2)n1. The summed E-state index contributed by atoms with van der Waals surface area (Å²) in [7, 11) is 1.88. The molecule has 1 aliphatic heterocycles. The molecular weight excluding hydrogens is 298 g/mol. The first-order valence-electron chi connectivity index (χ1n) is 8.41. The van der Waals surface area contributed by atoms with Crippen LogP contribution in [0, 0.1) is 0 Å². The molecule has 1 aliphatic rings. The van der Waals surface area contributed by atoms with Gasteiger partial charge in [-0.3, -0.25) is 14.9 Å². The van der Waals surface area contributed by atoms with Crippen LogP contribution in [0.15, 0.2) is 48.9 Å². The second-order valence-electron chi connectivity index (χ2n) is 6.24. The van der Waals surface area contributed by atoms with Gasteiger partial charge in [-0.2, -0.15) is 0 Å². The Morgan fingerprint density at radius 2 is 2.21 bits per heavy atom. The van der Waals surface area contributed by atoms with Gasteiger partial charge in [0, 0.05) is 25.2 Å². The summed E-state index contributed by atoms with van der Waals surface area (Å²) < 4.78 is 0. The molecule has 0 amide bonds. The van der Waals surface area contributed by atoms with Crippen LogP contribution >= 0.6 is 0 Å². The number of aromatic nitrogens is 3. The summed E-state index contributed by atoms with van der Waals surface area (Å²) in [5.74, 6) is 0.830. The first kappa shape index (κ1) is 15.0. The molecule has 24 heavy (non-hydrogen) atoms. The van der Waals surface area contributed by atoms with Crippen molar-refractivity contribution in [2.24, 2.45) is 0 Å². The highest BCUT2D eigenvalue weighted by atomic mass is 15.2. The Morgan fingerprint density at radius 3 is 3.12 bits per heavy atom. The Hall–Kier alpha value is -2.53. The largest absolute Gasteiger partial charge is 0.372 e. The minimum Gasteiger partial charge on any atom is -0.372 e. The number of pyridine rings is 1. The van der Waals surface area contributed by atoms with Crippen molar-refractivity contribution in [2.75, 3.05) is 18.9 Å². The van der Waals surface area contributed by atoms with Crippen molar-refractivity contribution < 1.29 is 0 Å². The maximum Gasteiger partial charge on any atom is 0.144 e. The minimum atomic E-state index is 0.343. The van der Waals surface area contributed by atoms with E-state index < -0.39 is 0 Å². The number of fused-ring (bicyclic) bond motifs is 1. The molecule has 0 saturated carbocycles. The highest BCUT2D eigenvalue weighted by Crippen LogP contribution is 2.32. The Kier molecular flexibility index (Phi) is 4.09. The minimum absolute atomic E-state index is 0.343. The van der Waals surface area contributed by atoms with Gasteiger partial charge in [0.25, 0.3) is 0 Å². The van der Waals surface area contributed by atoms with Crippen molar-refractivity contribution in [3.63, 3.8) is 0 Å². The van der Waals surface area contributed by atoms with Crippen molar-refractivity contribution in [2.45, 2.75) is 25.4 Å². The van der Waals surface area contributed by atoms with Gasteiger partial charge in [-0.05, 0) is 43.1 Å². The van der Waals surface area contributed by atoms with Crippen LogP contribution in [0.4, 0.5) is 5.82 Å². The number of hydrogen-bond acceptors (Lipinski definition) is 5. The van der Waals surface area contributed by atoms with Crippen LogP contribution in [0.1, 0.15) is 30.1 Å². The van der Waals surface area contributed by atoms with Gasteiger partial charge in [-0.15, -0.1) is 0 Å². The van der Waals surface area contributed by atoms with Crippen LogP contribution in [0.5, 0.6) is 0 Å². The fourth-order valence-corrected chi connectivity index (χ4v) is 3.47. The highest BCUT2D eigenvalue weighted by Gasteiger charge is 2.27. The van der Waals surface area contributed by atoms with Crippen molar-refractivity contribution in [3.8, 4) is 0 Å². The molecule has 5 heteroatoms. The normalized spacial score (nSPS) is 18.1. The molecule has 0 radical (unpaired) electrons. The molecule has 122 valence electrons. The average molecular weight is 319 g/mol. The summed E-state index contributed by atoms with van der Waals surface area (Å²) in [5, 5.41) is 4.27. The van der Waals surface area contributed by atoms with E-state index in [1.54, 1.807) is 6.20 Å². The number of hydrogen-bond donors (Lipinski definition) is 1. The number of likely N-dealkylation sites (tertiary alicyclic amines) is 1. The lowest BCUT2D eigenvalue weighted by Crippen LogP contribution is -2.23. The molecule has 5 nitrogen and oxygen atoms in total. The summed E-state index contributed by atoms with van der Waals surface area (Å²) in [6, 6.07) is 11.0. The second kappa shape index (κ2) is 6.53. The third-order valence-electron chi connectivity index (χ3n) is 4.67. The van der Waals surface area contributed by atoms with Gasteiger partial charge in [0.05, 0.1) is 29.6 Å². The molecule has 1 N–H and O–H groups in total. The lowest BCUT2D eigenvalue weighted by molar-refractivity contribution is 0.244. The van der Waals surface area contributed by atoms with Gasteiger partial charge in [0.1, 0.15) is 5.82 Å². The molecule has 0 aliphatic carbocycles. The van der Waals surface area contributed by atoms with Crippen LogP contribution in [-0.2, 0) is 6.54 Å². The second-order valence-corrected chi connectivity index (χ2v) is 6.24. The lowest BCUT2D eigenvalue weighted by Gasteiger charge is -2.24. The third-order valence-corrected chi connectivity index (χ3v) is 4.67. The number of rotatable bonds is 4. The predicted octanol–water partition coefficient (Wildman–Crippen LogP) is 3.40. The summed E-state index contributed by atoms with van der Waals surface area (Å²) in [6.45, 7) is 2.03. The van der Waals surface area contributed by atoms with E-state index in [1.807, 2.05) is 25.5 Å². The van der Waals surface area contributed by atoms with Gasteiger partial charge in [-0.25, -0.2) is 4.98 Å². The predicted molar refractivity (Wildman–Crippen MR) is 95.7 cm³/mol. The van der Waals surface area contributed by atoms with E-state index >= 15 is 0 Å². The van der Waals surface area contributed by atoms with E-state index in [1.165, 1.54) is 17.4 Å². The van der Waals surface area contributed by atoms with Gasteiger partial charge in [-0.1, -0.05) is 12.1 Å². The molecule has 0 spiro atoms. The van der Waals surface area contributed by atoms with Crippen LogP contribution in [-0.4, -0.2) is 33.4 Å². The molecule has 4 rings (SSSR count). The zero-order valence-electron chi connectivity index (χ0n) is 13.8. The quantitative estimate of drug-likeness (QED) is 0.799. The summed E-state index contributed by atoms with van der Waals surface area (Å²) in [5.41, 5.74) is 3.42. The molecule has 1 unspecified atom stereocenters. The number of benzene rings is 1. The summed E-state index contributed by atoms with van der Waals surface area (Å²) in [4.78, 5) is 15.9. The Bertz CT molecular complexity index is 848. The zero-order chi connectivity index (χ0) is 16.4. The van der Waals surface area contributed by atoms with Gasteiger partial charge in [0.15, 0.2) is 0 Å². The fraction of sp³-hybridized carbons (Fsp3) is 0.316. The first-order chi connectivity index (χ1) is 11.8. The van der Waals surface area contributed by atoms with E-state index in [0.29, 0.717) is 6.04 Å². The summed E-state index contributed by atoms with van der Waals surface area (Å²) in [6.07, 6.45) is 7.83. The molecule has 2 aromatic heterocycles. The van der Waals surface area contributed by atoms with E-state index in [9.17, 15) is 0 Å². The molecular formula is C19H21N5. The lowest BCUT2D eigenvalue weighted by atomic mass is 10.1. The highest BCUT2D eigenvalue weighted by molar-refractivity contribution is 5.78. The van der Waals surface area contributed by atoms with E-state index in [0.717, 1.165) is 36.5 Å². The molecule has 1 fully saturated rings. The van der Waals surface area contributed by atoms with Crippen LogP contribution in [0.25, 0.3) is 10.9 Å². The smallest absolute Gasteiger partial charge is 0.144 e. The first-order valence-corrected chi connectivity index (χ1v) is 8.41. The van der Waals surface area contributed by atoms with Crippen molar-refractivity contribution in [1.29, 1.82) is 0 Å². The Morgan fingerprint density at radius 1 is 1.25 bits per heavy atom. The van der Waals surface area contributed by atoms with Crippen molar-refractivity contribution in [3.05, 3.63) is 60.2 Å². The van der Waals surface area contributed by atoms with Gasteiger partial charge < -0.3 is 5.32 Å². The van der Waals surface area contributed by atoms with E-state index in [4.69, 9.17) is 0 Å². The third kappa shape index (κ3) is 2.95. The van der Waals surface area contributed by atoms with Crippen LogP contribution < -0.4 is 5.32 Å². The van der Waals surface area contributed by atoms with Crippen molar-refractivity contribution >= 4 is 16.7 Å². The molecule has 1 aromatic carbocycles. The molecule has 3 aromatic rings. The Labute approximate surface area is 141 Å². The molecule has 0 bridgehead atoms. The van der Waals surface area contributed by atoms with Gasteiger partial charge in [0.2, 0.25) is 0 Å². The molecule has 1 saturated heterocycles. The molecule has 3 heterocycles. The Balaban J connectivity index is 1.57. The fourth-order valence-electron chi connectivity index (χ4n) is 3.47. The number of nitrogens with zero attached hydrogens (tertiary/aromatic N) is 4. The van der Waals surface area contributed by atoms with E-state index in [-0.39, 0.29) is 0 Å². The van der Waals surface area contributed by atoms with E-state index in [2.05, 4.69) is 49.4 Å².